The molecule has 2 nitrogen and oxygen atoms in total. The number of carbonyl (C=O) groups excluding carboxylic acids is 1. The molecule has 0 aliphatic carbocycles. The maximum absolute atomic E-state index is 13.3. The van der Waals surface area contributed by atoms with E-state index in [4.69, 9.17) is 0 Å². The lowest BCUT2D eigenvalue weighted by Crippen LogP contribution is -2.29. The Balaban J connectivity index is 3.16. The van der Waals surface area contributed by atoms with Crippen LogP contribution in [0.4, 0.5) is 17.6 Å². The molecule has 0 aliphatic heterocycles. The predicted molar refractivity (Wildman–Crippen MR) is 46.9 cm³/mol. The van der Waals surface area contributed by atoms with Crippen LogP contribution in [0.15, 0.2) is 18.2 Å². The summed E-state index contributed by atoms with van der Waals surface area (Å²) in [5.41, 5.74) is -1.33. The summed E-state index contributed by atoms with van der Waals surface area (Å²) in [4.78, 5) is 10.9. The lowest BCUT2D eigenvalue weighted by molar-refractivity contribution is -0.173. The zero-order chi connectivity index (χ0) is 12.3. The molecule has 0 heterocycles. The van der Waals surface area contributed by atoms with Gasteiger partial charge in [-0.3, -0.25) is 0 Å². The Labute approximate surface area is 88.8 Å². The predicted octanol–water partition coefficient (Wildman–Crippen LogP) is 2.62. The number of rotatable bonds is 3. The van der Waals surface area contributed by atoms with Gasteiger partial charge in [0.2, 0.25) is 0 Å². The van der Waals surface area contributed by atoms with Gasteiger partial charge >= 0.3 is 11.9 Å². The summed E-state index contributed by atoms with van der Waals surface area (Å²) in [6, 6.07) is 2.20. The van der Waals surface area contributed by atoms with Crippen LogP contribution < -0.4 is 0 Å². The Kier molecular flexibility index (Phi) is 3.51. The SMILES string of the molecule is CCOC(=O)C(F)(F)c1cccc(F)c1F. The van der Waals surface area contributed by atoms with Gasteiger partial charge in [-0.1, -0.05) is 6.07 Å². The van der Waals surface area contributed by atoms with Crippen LogP contribution >= 0.6 is 0 Å². The number of halogens is 4. The van der Waals surface area contributed by atoms with E-state index < -0.39 is 29.1 Å². The van der Waals surface area contributed by atoms with Gasteiger partial charge in [0.1, 0.15) is 0 Å². The largest absolute Gasteiger partial charge is 0.461 e. The third-order valence-electron chi connectivity index (χ3n) is 1.82. The molecule has 6 heteroatoms. The molecule has 0 aromatic heterocycles. The van der Waals surface area contributed by atoms with E-state index in [2.05, 4.69) is 4.74 Å². The third-order valence-corrected chi connectivity index (χ3v) is 1.82. The molecule has 1 aromatic carbocycles. The van der Waals surface area contributed by atoms with Gasteiger partial charge < -0.3 is 4.74 Å². The first kappa shape index (κ1) is 12.5. The van der Waals surface area contributed by atoms with Gasteiger partial charge in [-0.05, 0) is 19.1 Å². The van der Waals surface area contributed by atoms with Crippen LogP contribution in [0.25, 0.3) is 0 Å². The summed E-state index contributed by atoms with van der Waals surface area (Å²) in [7, 11) is 0. The van der Waals surface area contributed by atoms with E-state index in [0.29, 0.717) is 12.1 Å². The van der Waals surface area contributed by atoms with Crippen LogP contribution in [0.1, 0.15) is 12.5 Å². The molecule has 0 bridgehead atoms. The topological polar surface area (TPSA) is 26.3 Å². The van der Waals surface area contributed by atoms with Crippen molar-refractivity contribution in [3.05, 3.63) is 35.4 Å². The average molecular weight is 236 g/mol. The Bertz CT molecular complexity index is 404. The van der Waals surface area contributed by atoms with Gasteiger partial charge in [0.05, 0.1) is 12.2 Å². The molecule has 0 spiro atoms. The van der Waals surface area contributed by atoms with Crippen molar-refractivity contribution in [2.24, 2.45) is 0 Å². The molecule has 88 valence electrons. The minimum absolute atomic E-state index is 0.272. The molecule has 16 heavy (non-hydrogen) atoms. The molecule has 0 fully saturated rings. The van der Waals surface area contributed by atoms with E-state index in [0.717, 1.165) is 6.07 Å². The number of carbonyl (C=O) groups is 1. The van der Waals surface area contributed by atoms with Gasteiger partial charge in [0.15, 0.2) is 11.6 Å². The quantitative estimate of drug-likeness (QED) is 0.595. The summed E-state index contributed by atoms with van der Waals surface area (Å²) in [5.74, 6) is -9.29. The number of hydrogen-bond donors (Lipinski definition) is 0. The van der Waals surface area contributed by atoms with Crippen molar-refractivity contribution in [3.8, 4) is 0 Å². The highest BCUT2D eigenvalue weighted by atomic mass is 19.3. The average Bonchev–Trinajstić information content (AvgIpc) is 2.22. The van der Waals surface area contributed by atoms with Crippen molar-refractivity contribution in [3.63, 3.8) is 0 Å². The van der Waals surface area contributed by atoms with E-state index in [9.17, 15) is 22.4 Å². The molecule has 0 radical (unpaired) electrons. The van der Waals surface area contributed by atoms with Crippen molar-refractivity contribution >= 4 is 5.97 Å². The van der Waals surface area contributed by atoms with E-state index in [1.54, 1.807) is 0 Å². The lowest BCUT2D eigenvalue weighted by atomic mass is 10.1. The Morgan fingerprint density at radius 1 is 1.38 bits per heavy atom. The second-order valence-corrected chi connectivity index (χ2v) is 2.90. The fourth-order valence-corrected chi connectivity index (χ4v) is 1.08. The maximum Gasteiger partial charge on any atom is 0.382 e. The van der Waals surface area contributed by atoms with Crippen molar-refractivity contribution in [2.75, 3.05) is 6.61 Å². The highest BCUT2D eigenvalue weighted by molar-refractivity contribution is 5.79. The van der Waals surface area contributed by atoms with Crippen LogP contribution in [0.5, 0.6) is 0 Å². The third kappa shape index (κ3) is 2.15. The Morgan fingerprint density at radius 3 is 2.56 bits per heavy atom. The molecule has 0 aliphatic rings. The smallest absolute Gasteiger partial charge is 0.382 e. The first-order chi connectivity index (χ1) is 7.41. The molecular weight excluding hydrogens is 228 g/mol. The molecule has 0 amide bonds. The lowest BCUT2D eigenvalue weighted by Gasteiger charge is -2.15. The molecule has 1 aromatic rings. The standard InChI is InChI=1S/C10H8F4O2/c1-2-16-9(15)10(13,14)6-4-3-5-7(11)8(6)12/h3-5H,2H2,1H3. The van der Waals surface area contributed by atoms with Crippen LogP contribution in [0.2, 0.25) is 0 Å². The number of hydrogen-bond acceptors (Lipinski definition) is 2. The van der Waals surface area contributed by atoms with Crippen LogP contribution in [-0.4, -0.2) is 12.6 Å². The van der Waals surface area contributed by atoms with Crippen LogP contribution in [0, 0.1) is 11.6 Å². The number of alkyl halides is 2. The van der Waals surface area contributed by atoms with Gasteiger partial charge in [-0.25, -0.2) is 13.6 Å². The van der Waals surface area contributed by atoms with Gasteiger partial charge in [0.25, 0.3) is 0 Å². The molecule has 0 saturated heterocycles. The van der Waals surface area contributed by atoms with Crippen molar-refractivity contribution < 1.29 is 27.1 Å². The molecular formula is C10H8F4O2. The van der Waals surface area contributed by atoms with Crippen LogP contribution in [-0.2, 0) is 15.5 Å². The maximum atomic E-state index is 13.3. The van der Waals surface area contributed by atoms with E-state index in [1.807, 2.05) is 0 Å². The van der Waals surface area contributed by atoms with E-state index >= 15 is 0 Å². The minimum atomic E-state index is -4.19. The molecule has 1 rings (SSSR count). The summed E-state index contributed by atoms with van der Waals surface area (Å²) < 4.78 is 56.4. The second-order valence-electron chi connectivity index (χ2n) is 2.90. The fourth-order valence-electron chi connectivity index (χ4n) is 1.08. The van der Waals surface area contributed by atoms with Gasteiger partial charge in [-0.15, -0.1) is 0 Å². The molecule has 0 saturated carbocycles. The second kappa shape index (κ2) is 4.51. The minimum Gasteiger partial charge on any atom is -0.461 e. The van der Waals surface area contributed by atoms with Crippen molar-refractivity contribution in [1.82, 2.24) is 0 Å². The fraction of sp³-hybridized carbons (Fsp3) is 0.300. The molecule has 0 N–H and O–H groups in total. The Hall–Kier alpha value is -1.59. The number of esters is 1. The number of ether oxygens (including phenoxy) is 1. The first-order valence-corrected chi connectivity index (χ1v) is 4.40. The van der Waals surface area contributed by atoms with Gasteiger partial charge in [-0.2, -0.15) is 8.78 Å². The normalized spacial score (nSPS) is 11.3. The summed E-state index contributed by atoms with van der Waals surface area (Å²) in [6.45, 7) is 1.06. The van der Waals surface area contributed by atoms with Crippen LogP contribution in [0.3, 0.4) is 0 Å². The number of benzene rings is 1. The molecule has 0 unspecified atom stereocenters. The van der Waals surface area contributed by atoms with E-state index in [-0.39, 0.29) is 6.61 Å². The zero-order valence-electron chi connectivity index (χ0n) is 8.27. The summed E-state index contributed by atoms with van der Waals surface area (Å²) in [6.07, 6.45) is 0. The Morgan fingerprint density at radius 2 is 2.00 bits per heavy atom. The van der Waals surface area contributed by atoms with Gasteiger partial charge in [0, 0.05) is 0 Å². The summed E-state index contributed by atoms with van der Waals surface area (Å²) in [5, 5.41) is 0. The zero-order valence-corrected chi connectivity index (χ0v) is 8.27. The summed E-state index contributed by atoms with van der Waals surface area (Å²) >= 11 is 0. The van der Waals surface area contributed by atoms with Crippen molar-refractivity contribution in [1.29, 1.82) is 0 Å². The first-order valence-electron chi connectivity index (χ1n) is 4.40. The van der Waals surface area contributed by atoms with Crippen molar-refractivity contribution in [2.45, 2.75) is 12.8 Å². The highest BCUT2D eigenvalue weighted by Crippen LogP contribution is 2.32. The van der Waals surface area contributed by atoms with E-state index in [1.165, 1.54) is 6.92 Å². The monoisotopic (exact) mass is 236 g/mol. The molecule has 0 atom stereocenters. The highest BCUT2D eigenvalue weighted by Gasteiger charge is 2.45.